The molecule has 1 aromatic carbocycles. The highest BCUT2D eigenvalue weighted by molar-refractivity contribution is 6.75. The summed E-state index contributed by atoms with van der Waals surface area (Å²) in [5.41, 5.74) is 2.57. The standard InChI is InChI=1S/C13H20NOSi/c1-14(10-16(2,3)4)13-12-8-6-5-7-11(12)9-15-13/h5-8H,9-10H2,1-4H3/q+1/b14-13-. The minimum Gasteiger partial charge on any atom is -0.439 e. The predicted molar refractivity (Wildman–Crippen MR) is 69.7 cm³/mol. The molecular formula is C13H20NOSi+. The Balaban J connectivity index is 2.33. The molecule has 0 unspecified atom stereocenters. The van der Waals surface area contributed by atoms with Crippen LogP contribution in [-0.4, -0.2) is 31.8 Å². The van der Waals surface area contributed by atoms with Crippen molar-refractivity contribution in [2.75, 3.05) is 13.2 Å². The van der Waals surface area contributed by atoms with Crippen molar-refractivity contribution in [2.24, 2.45) is 0 Å². The first kappa shape index (κ1) is 11.4. The second-order valence-electron chi connectivity index (χ2n) is 5.67. The van der Waals surface area contributed by atoms with Crippen molar-refractivity contribution < 1.29 is 9.31 Å². The number of hydrogen-bond acceptors (Lipinski definition) is 1. The Hall–Kier alpha value is -1.09. The molecule has 0 saturated carbocycles. The lowest BCUT2D eigenvalue weighted by atomic mass is 10.1. The zero-order valence-electron chi connectivity index (χ0n) is 10.6. The summed E-state index contributed by atoms with van der Waals surface area (Å²) < 4.78 is 8.07. The van der Waals surface area contributed by atoms with Gasteiger partial charge in [0, 0.05) is 5.56 Å². The third kappa shape index (κ3) is 2.35. The molecule has 2 rings (SSSR count). The van der Waals surface area contributed by atoms with E-state index in [1.165, 1.54) is 11.1 Å². The fourth-order valence-corrected chi connectivity index (χ4v) is 3.74. The largest absolute Gasteiger partial charge is 0.439 e. The first-order chi connectivity index (χ1) is 7.47. The molecule has 0 bridgehead atoms. The molecule has 0 aromatic heterocycles. The Labute approximate surface area is 98.6 Å². The lowest BCUT2D eigenvalue weighted by Gasteiger charge is -2.12. The number of ether oxygens (including phenoxy) is 1. The Kier molecular flexibility index (Phi) is 2.89. The molecule has 1 aliphatic rings. The van der Waals surface area contributed by atoms with E-state index in [2.05, 4.69) is 55.5 Å². The third-order valence-electron chi connectivity index (χ3n) is 2.67. The summed E-state index contributed by atoms with van der Waals surface area (Å²) in [5, 5.41) is 0. The molecule has 2 nitrogen and oxygen atoms in total. The van der Waals surface area contributed by atoms with Crippen LogP contribution in [0, 0.1) is 0 Å². The van der Waals surface area contributed by atoms with Crippen molar-refractivity contribution in [1.82, 2.24) is 0 Å². The molecule has 0 amide bonds. The second kappa shape index (κ2) is 4.05. The van der Waals surface area contributed by atoms with Crippen LogP contribution in [0.5, 0.6) is 0 Å². The molecule has 0 N–H and O–H groups in total. The van der Waals surface area contributed by atoms with Crippen LogP contribution in [0.15, 0.2) is 24.3 Å². The fraction of sp³-hybridized carbons (Fsp3) is 0.462. The van der Waals surface area contributed by atoms with Crippen LogP contribution >= 0.6 is 0 Å². The molecule has 1 aliphatic heterocycles. The van der Waals surface area contributed by atoms with E-state index in [0.717, 1.165) is 18.7 Å². The van der Waals surface area contributed by atoms with E-state index in [1.54, 1.807) is 0 Å². The maximum atomic E-state index is 5.80. The van der Waals surface area contributed by atoms with Crippen LogP contribution in [0.1, 0.15) is 11.1 Å². The van der Waals surface area contributed by atoms with Gasteiger partial charge in [-0.1, -0.05) is 37.8 Å². The molecular weight excluding hydrogens is 214 g/mol. The van der Waals surface area contributed by atoms with E-state index in [9.17, 15) is 0 Å². The highest BCUT2D eigenvalue weighted by atomic mass is 28.3. The summed E-state index contributed by atoms with van der Waals surface area (Å²) in [6.07, 6.45) is 1.14. The van der Waals surface area contributed by atoms with Gasteiger partial charge in [0.05, 0.1) is 5.56 Å². The van der Waals surface area contributed by atoms with Crippen LogP contribution in [0.25, 0.3) is 0 Å². The van der Waals surface area contributed by atoms with Crippen molar-refractivity contribution in [3.8, 4) is 0 Å². The van der Waals surface area contributed by atoms with E-state index >= 15 is 0 Å². The number of nitrogens with zero attached hydrogens (tertiary/aromatic N) is 1. The number of rotatable bonds is 2. The summed E-state index contributed by atoms with van der Waals surface area (Å²) in [6.45, 7) is 7.86. The summed E-state index contributed by atoms with van der Waals surface area (Å²) in [6, 6.07) is 8.45. The molecule has 3 heteroatoms. The summed E-state index contributed by atoms with van der Waals surface area (Å²) in [5.74, 6) is 1.05. The van der Waals surface area contributed by atoms with E-state index in [-0.39, 0.29) is 0 Å². The minimum absolute atomic E-state index is 0.724. The average Bonchev–Trinajstić information content (AvgIpc) is 2.58. The van der Waals surface area contributed by atoms with Crippen LogP contribution in [0.3, 0.4) is 0 Å². The van der Waals surface area contributed by atoms with E-state index < -0.39 is 8.07 Å². The van der Waals surface area contributed by atoms with Gasteiger partial charge in [0.1, 0.15) is 27.9 Å². The van der Waals surface area contributed by atoms with Gasteiger partial charge in [-0.3, -0.25) is 0 Å². The maximum Gasteiger partial charge on any atom is 0.370 e. The first-order valence-corrected chi connectivity index (χ1v) is 9.47. The molecule has 0 fully saturated rings. The van der Waals surface area contributed by atoms with Gasteiger partial charge in [0.2, 0.25) is 0 Å². The molecule has 16 heavy (non-hydrogen) atoms. The quantitative estimate of drug-likeness (QED) is 0.565. The average molecular weight is 234 g/mol. The normalized spacial score (nSPS) is 18.0. The molecule has 1 heterocycles. The van der Waals surface area contributed by atoms with Crippen molar-refractivity contribution >= 4 is 14.0 Å². The smallest absolute Gasteiger partial charge is 0.370 e. The molecule has 0 saturated heterocycles. The van der Waals surface area contributed by atoms with Crippen LogP contribution < -0.4 is 0 Å². The Morgan fingerprint density at radius 1 is 1.25 bits per heavy atom. The predicted octanol–water partition coefficient (Wildman–Crippen LogP) is 2.48. The Morgan fingerprint density at radius 3 is 2.62 bits per heavy atom. The molecule has 86 valence electrons. The van der Waals surface area contributed by atoms with Gasteiger partial charge in [0.15, 0.2) is 0 Å². The molecule has 0 spiro atoms. The number of benzene rings is 1. The van der Waals surface area contributed by atoms with Gasteiger partial charge in [0.25, 0.3) is 0 Å². The molecule has 1 aromatic rings. The van der Waals surface area contributed by atoms with Crippen LogP contribution in [-0.2, 0) is 11.3 Å². The second-order valence-corrected chi connectivity index (χ2v) is 11.1. The zero-order chi connectivity index (χ0) is 11.8. The van der Waals surface area contributed by atoms with E-state index in [4.69, 9.17) is 4.74 Å². The first-order valence-electron chi connectivity index (χ1n) is 5.76. The number of hydrogen-bond donors (Lipinski definition) is 0. The number of fused-ring (bicyclic) bond motifs is 1. The van der Waals surface area contributed by atoms with Gasteiger partial charge in [-0.2, -0.15) is 0 Å². The van der Waals surface area contributed by atoms with Gasteiger partial charge in [-0.15, -0.1) is 0 Å². The zero-order valence-corrected chi connectivity index (χ0v) is 11.6. The topological polar surface area (TPSA) is 12.2 Å². The van der Waals surface area contributed by atoms with Gasteiger partial charge in [-0.25, -0.2) is 4.58 Å². The van der Waals surface area contributed by atoms with Crippen molar-refractivity contribution in [1.29, 1.82) is 0 Å². The Morgan fingerprint density at radius 2 is 1.94 bits per heavy atom. The van der Waals surface area contributed by atoms with Crippen LogP contribution in [0.4, 0.5) is 0 Å². The van der Waals surface area contributed by atoms with Crippen molar-refractivity contribution in [3.63, 3.8) is 0 Å². The van der Waals surface area contributed by atoms with Crippen molar-refractivity contribution in [2.45, 2.75) is 26.2 Å². The van der Waals surface area contributed by atoms with E-state index in [0.29, 0.717) is 0 Å². The lowest BCUT2D eigenvalue weighted by Crippen LogP contribution is -2.36. The lowest BCUT2D eigenvalue weighted by molar-refractivity contribution is -0.488. The van der Waals surface area contributed by atoms with E-state index in [1.807, 2.05) is 0 Å². The monoisotopic (exact) mass is 234 g/mol. The summed E-state index contributed by atoms with van der Waals surface area (Å²) in [7, 11) is 1.05. The summed E-state index contributed by atoms with van der Waals surface area (Å²) >= 11 is 0. The molecule has 0 radical (unpaired) electrons. The Bertz CT molecular complexity index is 432. The fourth-order valence-electron chi connectivity index (χ4n) is 2.18. The van der Waals surface area contributed by atoms with Crippen molar-refractivity contribution in [3.05, 3.63) is 35.4 Å². The maximum absolute atomic E-state index is 5.80. The van der Waals surface area contributed by atoms with Gasteiger partial charge < -0.3 is 4.74 Å². The molecule has 0 aliphatic carbocycles. The SMILES string of the molecule is C/[N+](C[Si](C)(C)C)=C1/OCc2ccccc21. The highest BCUT2D eigenvalue weighted by Gasteiger charge is 2.29. The highest BCUT2D eigenvalue weighted by Crippen LogP contribution is 2.19. The third-order valence-corrected chi connectivity index (χ3v) is 4.09. The van der Waals surface area contributed by atoms with Crippen LogP contribution in [0.2, 0.25) is 19.6 Å². The summed E-state index contributed by atoms with van der Waals surface area (Å²) in [4.78, 5) is 0. The van der Waals surface area contributed by atoms with Gasteiger partial charge in [-0.05, 0) is 6.07 Å². The van der Waals surface area contributed by atoms with Gasteiger partial charge >= 0.3 is 5.90 Å². The molecule has 0 atom stereocenters. The minimum atomic E-state index is -1.08.